The molecule has 0 fully saturated rings. The largest absolute Gasteiger partial charge is 0.493 e. The number of hydrogen-bond acceptors (Lipinski definition) is 4. The maximum absolute atomic E-state index is 11.2. The van der Waals surface area contributed by atoms with Crippen LogP contribution in [0.1, 0.15) is 39.9 Å². The van der Waals surface area contributed by atoms with Gasteiger partial charge in [0.05, 0.1) is 24.1 Å². The molecule has 2 N–H and O–H groups in total. The van der Waals surface area contributed by atoms with Gasteiger partial charge in [-0.15, -0.1) is 0 Å². The van der Waals surface area contributed by atoms with E-state index in [-0.39, 0.29) is 12.0 Å². The van der Waals surface area contributed by atoms with Gasteiger partial charge in [0.15, 0.2) is 11.6 Å². The van der Waals surface area contributed by atoms with Gasteiger partial charge < -0.3 is 10.5 Å². The number of benzene rings is 1. The van der Waals surface area contributed by atoms with Crippen LogP contribution in [0.3, 0.4) is 0 Å². The standard InChI is InChI=1S/C17H24N4O2/c1-5-10-23-13-9-7-6-8-12(13)16-19-15(11-14(18)22)20-21(16)17(2,3)4/h6-9H,5,10-11H2,1-4H3,(H2,18,22). The van der Waals surface area contributed by atoms with E-state index < -0.39 is 5.91 Å². The molecule has 2 aromatic rings. The first-order valence-electron chi connectivity index (χ1n) is 7.80. The highest BCUT2D eigenvalue weighted by Gasteiger charge is 2.24. The van der Waals surface area contributed by atoms with Crippen molar-refractivity contribution in [3.63, 3.8) is 0 Å². The second-order valence-corrected chi connectivity index (χ2v) is 6.42. The number of para-hydroxylation sites is 1. The Morgan fingerprint density at radius 2 is 2.00 bits per heavy atom. The molecule has 0 aliphatic heterocycles. The minimum atomic E-state index is -0.446. The lowest BCUT2D eigenvalue weighted by Gasteiger charge is -2.22. The summed E-state index contributed by atoms with van der Waals surface area (Å²) in [7, 11) is 0. The molecule has 1 heterocycles. The van der Waals surface area contributed by atoms with Gasteiger partial charge in [-0.3, -0.25) is 4.79 Å². The van der Waals surface area contributed by atoms with E-state index in [2.05, 4.69) is 17.0 Å². The van der Waals surface area contributed by atoms with Crippen molar-refractivity contribution in [1.29, 1.82) is 0 Å². The first-order valence-corrected chi connectivity index (χ1v) is 7.80. The third kappa shape index (κ3) is 4.09. The third-order valence-corrected chi connectivity index (χ3v) is 3.21. The van der Waals surface area contributed by atoms with Crippen molar-refractivity contribution in [1.82, 2.24) is 14.8 Å². The highest BCUT2D eigenvalue weighted by Crippen LogP contribution is 2.31. The van der Waals surface area contributed by atoms with Crippen molar-refractivity contribution in [3.05, 3.63) is 30.1 Å². The van der Waals surface area contributed by atoms with E-state index in [1.807, 2.05) is 49.7 Å². The molecule has 6 heteroatoms. The smallest absolute Gasteiger partial charge is 0.225 e. The number of nitrogens with two attached hydrogens (primary N) is 1. The first-order chi connectivity index (χ1) is 10.8. The summed E-state index contributed by atoms with van der Waals surface area (Å²) in [6.45, 7) is 8.80. The summed E-state index contributed by atoms with van der Waals surface area (Å²) in [5.74, 6) is 1.42. The van der Waals surface area contributed by atoms with Crippen LogP contribution in [0.25, 0.3) is 11.4 Å². The second kappa shape index (κ2) is 6.81. The van der Waals surface area contributed by atoms with Crippen LogP contribution in [0.5, 0.6) is 5.75 Å². The van der Waals surface area contributed by atoms with Crippen molar-refractivity contribution in [3.8, 4) is 17.1 Å². The van der Waals surface area contributed by atoms with Crippen LogP contribution < -0.4 is 10.5 Å². The SMILES string of the molecule is CCCOc1ccccc1-c1nc(CC(N)=O)nn1C(C)(C)C. The summed E-state index contributed by atoms with van der Waals surface area (Å²) < 4.78 is 7.64. The summed E-state index contributed by atoms with van der Waals surface area (Å²) in [4.78, 5) is 15.7. The van der Waals surface area contributed by atoms with Crippen LogP contribution in [-0.4, -0.2) is 27.3 Å². The zero-order valence-corrected chi connectivity index (χ0v) is 14.2. The van der Waals surface area contributed by atoms with Crippen LogP contribution in [0.15, 0.2) is 24.3 Å². The zero-order valence-electron chi connectivity index (χ0n) is 14.2. The molecule has 0 unspecified atom stereocenters. The summed E-state index contributed by atoms with van der Waals surface area (Å²) in [6.07, 6.45) is 0.946. The van der Waals surface area contributed by atoms with Crippen LogP contribution in [0, 0.1) is 0 Å². The second-order valence-electron chi connectivity index (χ2n) is 6.42. The Hall–Kier alpha value is -2.37. The summed E-state index contributed by atoms with van der Waals surface area (Å²) >= 11 is 0. The van der Waals surface area contributed by atoms with Crippen molar-refractivity contribution >= 4 is 5.91 Å². The molecule has 0 aliphatic carbocycles. The van der Waals surface area contributed by atoms with Gasteiger partial charge in [0.2, 0.25) is 5.91 Å². The molecule has 1 aromatic carbocycles. The molecule has 0 spiro atoms. The number of amides is 1. The van der Waals surface area contributed by atoms with E-state index >= 15 is 0 Å². The topological polar surface area (TPSA) is 83.0 Å². The quantitative estimate of drug-likeness (QED) is 0.887. The van der Waals surface area contributed by atoms with Crippen molar-refractivity contribution in [2.75, 3.05) is 6.61 Å². The van der Waals surface area contributed by atoms with Gasteiger partial charge in [-0.05, 0) is 39.3 Å². The van der Waals surface area contributed by atoms with E-state index in [9.17, 15) is 4.79 Å². The van der Waals surface area contributed by atoms with Crippen LogP contribution in [-0.2, 0) is 16.8 Å². The average Bonchev–Trinajstić information content (AvgIpc) is 2.88. The van der Waals surface area contributed by atoms with E-state index in [1.165, 1.54) is 0 Å². The molecule has 0 radical (unpaired) electrons. The maximum atomic E-state index is 11.2. The monoisotopic (exact) mass is 316 g/mol. The molecule has 0 saturated carbocycles. The Morgan fingerprint density at radius 1 is 1.30 bits per heavy atom. The zero-order chi connectivity index (χ0) is 17.0. The van der Waals surface area contributed by atoms with Gasteiger partial charge in [0.25, 0.3) is 0 Å². The number of carbonyl (C=O) groups is 1. The number of primary amides is 1. The highest BCUT2D eigenvalue weighted by atomic mass is 16.5. The first kappa shape index (κ1) is 17.0. The molecule has 2 rings (SSSR count). The molecule has 0 bridgehead atoms. The lowest BCUT2D eigenvalue weighted by molar-refractivity contribution is -0.117. The average molecular weight is 316 g/mol. The lowest BCUT2D eigenvalue weighted by Crippen LogP contribution is -2.24. The fourth-order valence-electron chi connectivity index (χ4n) is 2.22. The number of nitrogens with zero attached hydrogens (tertiary/aromatic N) is 3. The molecule has 6 nitrogen and oxygen atoms in total. The fraction of sp³-hybridized carbons (Fsp3) is 0.471. The van der Waals surface area contributed by atoms with Crippen LogP contribution in [0.2, 0.25) is 0 Å². The predicted octanol–water partition coefficient (Wildman–Crippen LogP) is 2.52. The van der Waals surface area contributed by atoms with Crippen molar-refractivity contribution in [2.24, 2.45) is 5.73 Å². The van der Waals surface area contributed by atoms with E-state index in [4.69, 9.17) is 10.5 Å². The molecule has 23 heavy (non-hydrogen) atoms. The van der Waals surface area contributed by atoms with E-state index in [0.717, 1.165) is 17.7 Å². The molecule has 1 aromatic heterocycles. The number of rotatable bonds is 6. The van der Waals surface area contributed by atoms with Gasteiger partial charge >= 0.3 is 0 Å². The van der Waals surface area contributed by atoms with Crippen LogP contribution in [0.4, 0.5) is 0 Å². The normalized spacial score (nSPS) is 11.5. The third-order valence-electron chi connectivity index (χ3n) is 3.21. The molecule has 0 atom stereocenters. The van der Waals surface area contributed by atoms with Crippen molar-refractivity contribution < 1.29 is 9.53 Å². The van der Waals surface area contributed by atoms with Gasteiger partial charge in [-0.2, -0.15) is 5.10 Å². The summed E-state index contributed by atoms with van der Waals surface area (Å²) in [5, 5.41) is 4.47. The Labute approximate surface area is 136 Å². The van der Waals surface area contributed by atoms with Crippen molar-refractivity contribution in [2.45, 2.75) is 46.1 Å². The Morgan fingerprint density at radius 3 is 2.61 bits per heavy atom. The molecule has 124 valence electrons. The molecular formula is C17H24N4O2. The Balaban J connectivity index is 2.53. The molecular weight excluding hydrogens is 292 g/mol. The highest BCUT2D eigenvalue weighted by molar-refractivity contribution is 5.76. The van der Waals surface area contributed by atoms with Gasteiger partial charge in [-0.25, -0.2) is 9.67 Å². The number of ether oxygens (including phenoxy) is 1. The minimum Gasteiger partial charge on any atom is -0.493 e. The predicted molar refractivity (Wildman–Crippen MR) is 89.1 cm³/mol. The van der Waals surface area contributed by atoms with Crippen LogP contribution >= 0.6 is 0 Å². The number of aromatic nitrogens is 3. The van der Waals surface area contributed by atoms with Gasteiger partial charge in [0, 0.05) is 0 Å². The minimum absolute atomic E-state index is 0.0219. The fourth-order valence-corrected chi connectivity index (χ4v) is 2.22. The Bertz CT molecular complexity index is 686. The Kier molecular flexibility index (Phi) is 5.03. The number of carbonyl (C=O) groups excluding carboxylic acids is 1. The molecule has 1 amide bonds. The summed E-state index contributed by atoms with van der Waals surface area (Å²) in [5.41, 5.74) is 5.85. The molecule has 0 aliphatic rings. The summed E-state index contributed by atoms with van der Waals surface area (Å²) in [6, 6.07) is 7.73. The van der Waals surface area contributed by atoms with E-state index in [0.29, 0.717) is 18.3 Å². The van der Waals surface area contributed by atoms with Gasteiger partial charge in [-0.1, -0.05) is 19.1 Å². The lowest BCUT2D eigenvalue weighted by atomic mass is 10.1. The maximum Gasteiger partial charge on any atom is 0.225 e. The number of hydrogen-bond donors (Lipinski definition) is 1. The van der Waals surface area contributed by atoms with Gasteiger partial charge in [0.1, 0.15) is 5.75 Å². The molecule has 0 saturated heterocycles. The van der Waals surface area contributed by atoms with E-state index in [1.54, 1.807) is 0 Å².